The fourth-order valence-corrected chi connectivity index (χ4v) is 3.61. The molecule has 0 fully saturated rings. The molecule has 1 aromatic heterocycles. The number of ether oxygens (including phenoxy) is 1. The number of aromatic nitrogens is 1. The molecule has 0 unspecified atom stereocenters. The first-order valence-corrected chi connectivity index (χ1v) is 8.51. The van der Waals surface area contributed by atoms with E-state index in [1.54, 1.807) is 31.4 Å². The fourth-order valence-electron chi connectivity index (χ4n) is 2.00. The minimum absolute atomic E-state index is 0.390. The zero-order chi connectivity index (χ0) is 16.4. The Morgan fingerprint density at radius 1 is 1.22 bits per heavy atom. The van der Waals surface area contributed by atoms with Gasteiger partial charge in [-0.1, -0.05) is 40.6 Å². The van der Waals surface area contributed by atoms with Gasteiger partial charge in [0.2, 0.25) is 0 Å². The van der Waals surface area contributed by atoms with Crippen LogP contribution in [-0.2, 0) is 0 Å². The van der Waals surface area contributed by atoms with Gasteiger partial charge < -0.3 is 15.4 Å². The Bertz CT molecular complexity index is 882. The van der Waals surface area contributed by atoms with Gasteiger partial charge in [-0.2, -0.15) is 0 Å². The lowest BCUT2D eigenvalue weighted by Gasteiger charge is -2.12. The Kier molecular flexibility index (Phi) is 4.87. The van der Waals surface area contributed by atoms with Gasteiger partial charge in [-0.05, 0) is 42.5 Å². The van der Waals surface area contributed by atoms with Crippen LogP contribution in [0, 0.1) is 0 Å². The van der Waals surface area contributed by atoms with Crippen molar-refractivity contribution in [2.24, 2.45) is 0 Å². The molecule has 0 aliphatic carbocycles. The molecule has 0 atom stereocenters. The summed E-state index contributed by atoms with van der Waals surface area (Å²) in [6.45, 7) is 0. The molecule has 0 radical (unpaired) electrons. The number of nitrogens with one attached hydrogen (secondary N) is 2. The monoisotopic (exact) mass is 383 g/mol. The summed E-state index contributed by atoms with van der Waals surface area (Å²) < 4.78 is 6.27. The van der Waals surface area contributed by atoms with E-state index in [1.165, 1.54) is 11.3 Å². The van der Waals surface area contributed by atoms with Crippen molar-refractivity contribution >= 4 is 72.9 Å². The van der Waals surface area contributed by atoms with Crippen LogP contribution < -0.4 is 15.4 Å². The third kappa shape index (κ3) is 3.67. The third-order valence-electron chi connectivity index (χ3n) is 3.00. The fraction of sp³-hybridized carbons (Fsp3) is 0.0667. The molecule has 2 aromatic carbocycles. The van der Waals surface area contributed by atoms with Crippen molar-refractivity contribution in [2.75, 3.05) is 17.7 Å². The molecule has 23 heavy (non-hydrogen) atoms. The average Bonchev–Trinajstić information content (AvgIpc) is 2.91. The molecule has 0 amide bonds. The van der Waals surface area contributed by atoms with Crippen LogP contribution >= 0.6 is 46.8 Å². The number of hydrogen-bond donors (Lipinski definition) is 2. The van der Waals surface area contributed by atoms with Crippen LogP contribution in [-0.4, -0.2) is 17.2 Å². The van der Waals surface area contributed by atoms with Gasteiger partial charge in [-0.15, -0.1) is 0 Å². The van der Waals surface area contributed by atoms with Crippen LogP contribution in [0.1, 0.15) is 0 Å². The van der Waals surface area contributed by atoms with Gasteiger partial charge in [0.05, 0.1) is 22.5 Å². The molecule has 0 aliphatic rings. The maximum atomic E-state index is 6.13. The molecule has 118 valence electrons. The number of anilines is 2. The Morgan fingerprint density at radius 2 is 2.04 bits per heavy atom. The van der Waals surface area contributed by atoms with Gasteiger partial charge in [0, 0.05) is 5.02 Å². The van der Waals surface area contributed by atoms with Crippen molar-refractivity contribution in [1.82, 2.24) is 4.98 Å². The molecule has 2 N–H and O–H groups in total. The van der Waals surface area contributed by atoms with Crippen molar-refractivity contribution < 1.29 is 4.74 Å². The molecule has 0 bridgehead atoms. The van der Waals surface area contributed by atoms with Gasteiger partial charge in [0.1, 0.15) is 11.3 Å². The number of fused-ring (bicyclic) bond motifs is 1. The van der Waals surface area contributed by atoms with Crippen LogP contribution in [0.4, 0.5) is 10.8 Å². The van der Waals surface area contributed by atoms with Gasteiger partial charge in [0.15, 0.2) is 10.2 Å². The maximum absolute atomic E-state index is 6.13. The van der Waals surface area contributed by atoms with Crippen LogP contribution in [0.15, 0.2) is 36.4 Å². The van der Waals surface area contributed by atoms with E-state index in [1.807, 2.05) is 12.1 Å². The maximum Gasteiger partial charge on any atom is 0.190 e. The quantitative estimate of drug-likeness (QED) is 0.591. The van der Waals surface area contributed by atoms with Gasteiger partial charge in [-0.25, -0.2) is 4.98 Å². The lowest BCUT2D eigenvalue weighted by Crippen LogP contribution is -2.19. The second-order valence-corrected chi connectivity index (χ2v) is 6.81. The van der Waals surface area contributed by atoms with E-state index in [4.69, 9.17) is 40.2 Å². The SMILES string of the molecule is COc1ccc(Cl)cc1NC(=S)Nc1nc2c(Cl)cccc2s1. The number of hydrogen-bond acceptors (Lipinski definition) is 4. The number of nitrogens with zero attached hydrogens (tertiary/aromatic N) is 1. The highest BCUT2D eigenvalue weighted by Gasteiger charge is 2.10. The molecular weight excluding hydrogens is 373 g/mol. The topological polar surface area (TPSA) is 46.2 Å². The highest BCUT2D eigenvalue weighted by Crippen LogP contribution is 2.31. The highest BCUT2D eigenvalue weighted by molar-refractivity contribution is 7.80. The van der Waals surface area contributed by atoms with Crippen molar-refractivity contribution in [1.29, 1.82) is 0 Å². The Balaban J connectivity index is 1.78. The predicted molar refractivity (Wildman–Crippen MR) is 102 cm³/mol. The standard InChI is InChI=1S/C15H11Cl2N3OS2/c1-21-11-6-5-8(16)7-10(11)18-14(22)20-15-19-13-9(17)3-2-4-12(13)23-15/h2-7H,1H3,(H2,18,19,20,22). The van der Waals surface area contributed by atoms with Crippen molar-refractivity contribution in [3.63, 3.8) is 0 Å². The van der Waals surface area contributed by atoms with E-state index in [0.29, 0.717) is 31.7 Å². The molecule has 0 saturated heterocycles. The molecule has 1 heterocycles. The number of para-hydroxylation sites is 1. The first-order valence-electron chi connectivity index (χ1n) is 6.53. The molecule has 0 aliphatic heterocycles. The van der Waals surface area contributed by atoms with Crippen LogP contribution in [0.25, 0.3) is 10.2 Å². The number of thiazole rings is 1. The second-order valence-electron chi connectivity index (χ2n) is 4.53. The number of benzene rings is 2. The van der Waals surface area contributed by atoms with Crippen molar-refractivity contribution in [2.45, 2.75) is 0 Å². The number of methoxy groups -OCH3 is 1. The summed E-state index contributed by atoms with van der Waals surface area (Å²) in [4.78, 5) is 4.44. The average molecular weight is 384 g/mol. The summed E-state index contributed by atoms with van der Waals surface area (Å²) >= 11 is 18.9. The Hall–Kier alpha value is -1.60. The van der Waals surface area contributed by atoms with Crippen molar-refractivity contribution in [3.05, 3.63) is 46.4 Å². The normalized spacial score (nSPS) is 10.6. The molecule has 0 spiro atoms. The van der Waals surface area contributed by atoms with Crippen LogP contribution in [0.3, 0.4) is 0 Å². The highest BCUT2D eigenvalue weighted by atomic mass is 35.5. The first kappa shape index (κ1) is 16.3. The van der Waals surface area contributed by atoms with E-state index in [2.05, 4.69) is 15.6 Å². The van der Waals surface area contributed by atoms with E-state index in [9.17, 15) is 0 Å². The van der Waals surface area contributed by atoms with E-state index in [-0.39, 0.29) is 0 Å². The minimum atomic E-state index is 0.390. The minimum Gasteiger partial charge on any atom is -0.495 e. The summed E-state index contributed by atoms with van der Waals surface area (Å²) in [5.41, 5.74) is 1.43. The molecular formula is C15H11Cl2N3OS2. The summed E-state index contributed by atoms with van der Waals surface area (Å²) in [7, 11) is 1.58. The second kappa shape index (κ2) is 6.88. The van der Waals surface area contributed by atoms with Crippen LogP contribution in [0.5, 0.6) is 5.75 Å². The predicted octanol–water partition coefficient (Wildman–Crippen LogP) is 5.42. The van der Waals surface area contributed by atoms with Gasteiger partial charge >= 0.3 is 0 Å². The Morgan fingerprint density at radius 3 is 2.78 bits per heavy atom. The largest absolute Gasteiger partial charge is 0.495 e. The van der Waals surface area contributed by atoms with Gasteiger partial charge in [0.25, 0.3) is 0 Å². The molecule has 3 aromatic rings. The third-order valence-corrected chi connectivity index (χ3v) is 4.68. The van der Waals surface area contributed by atoms with E-state index < -0.39 is 0 Å². The Labute approximate surface area is 152 Å². The van der Waals surface area contributed by atoms with E-state index >= 15 is 0 Å². The van der Waals surface area contributed by atoms with E-state index in [0.717, 1.165) is 10.2 Å². The van der Waals surface area contributed by atoms with Crippen molar-refractivity contribution in [3.8, 4) is 5.75 Å². The molecule has 4 nitrogen and oxygen atoms in total. The molecule has 0 saturated carbocycles. The zero-order valence-corrected chi connectivity index (χ0v) is 15.0. The number of halogens is 2. The first-order chi connectivity index (χ1) is 11.1. The van der Waals surface area contributed by atoms with Gasteiger partial charge in [-0.3, -0.25) is 0 Å². The summed E-state index contributed by atoms with van der Waals surface area (Å²) in [6, 6.07) is 10.9. The lowest BCUT2D eigenvalue weighted by molar-refractivity contribution is 0.417. The zero-order valence-electron chi connectivity index (χ0n) is 11.9. The summed E-state index contributed by atoms with van der Waals surface area (Å²) in [6.07, 6.45) is 0. The summed E-state index contributed by atoms with van der Waals surface area (Å²) in [5.74, 6) is 0.644. The van der Waals surface area contributed by atoms with Crippen LogP contribution in [0.2, 0.25) is 10.0 Å². The smallest absolute Gasteiger partial charge is 0.190 e. The molecule has 8 heteroatoms. The number of rotatable bonds is 3. The summed E-state index contributed by atoms with van der Waals surface area (Å²) in [5, 5.41) is 8.35. The number of thiocarbonyl (C=S) groups is 1. The molecule has 3 rings (SSSR count). The lowest BCUT2D eigenvalue weighted by atomic mass is 10.3.